The second-order valence-corrected chi connectivity index (χ2v) is 6.28. The highest BCUT2D eigenvalue weighted by Gasteiger charge is 2.26. The molecule has 0 aromatic carbocycles. The zero-order valence-corrected chi connectivity index (χ0v) is 11.8. The summed E-state index contributed by atoms with van der Waals surface area (Å²) in [6.07, 6.45) is 5.43. The summed E-state index contributed by atoms with van der Waals surface area (Å²) >= 11 is 0. The molecule has 0 aromatic rings. The largest absolute Gasteiger partial charge is 0.311 e. The molecular weight excluding hydrogens is 196 g/mol. The standard InChI is InChI=1S/C14H30N2/c1-6-12(2)16-10-8-7-9-13(16)11-15-14(3,4)5/h12-13,15H,6-11H2,1-5H3. The van der Waals surface area contributed by atoms with Gasteiger partial charge in [-0.15, -0.1) is 0 Å². The summed E-state index contributed by atoms with van der Waals surface area (Å²) < 4.78 is 0. The third-order valence-corrected chi connectivity index (χ3v) is 3.70. The first kappa shape index (κ1) is 14.0. The number of hydrogen-bond acceptors (Lipinski definition) is 2. The van der Waals surface area contributed by atoms with Gasteiger partial charge in [0.05, 0.1) is 0 Å². The van der Waals surface area contributed by atoms with E-state index < -0.39 is 0 Å². The van der Waals surface area contributed by atoms with Crippen LogP contribution in [0.25, 0.3) is 0 Å². The Bertz CT molecular complexity index is 195. The Morgan fingerprint density at radius 1 is 1.31 bits per heavy atom. The predicted octanol–water partition coefficient (Wildman–Crippen LogP) is 3.03. The first-order valence-electron chi connectivity index (χ1n) is 6.95. The minimum atomic E-state index is 0.249. The first-order chi connectivity index (χ1) is 7.44. The lowest BCUT2D eigenvalue weighted by Crippen LogP contribution is -2.52. The van der Waals surface area contributed by atoms with Crippen LogP contribution in [0.4, 0.5) is 0 Å². The number of rotatable bonds is 4. The maximum atomic E-state index is 3.66. The molecule has 1 heterocycles. The van der Waals surface area contributed by atoms with Crippen molar-refractivity contribution in [2.75, 3.05) is 13.1 Å². The third-order valence-electron chi connectivity index (χ3n) is 3.70. The molecule has 0 radical (unpaired) electrons. The molecule has 1 aliphatic heterocycles. The quantitative estimate of drug-likeness (QED) is 0.792. The lowest BCUT2D eigenvalue weighted by molar-refractivity contribution is 0.0950. The Morgan fingerprint density at radius 2 is 2.00 bits per heavy atom. The van der Waals surface area contributed by atoms with Gasteiger partial charge in [0.2, 0.25) is 0 Å². The van der Waals surface area contributed by atoms with Gasteiger partial charge in [-0.25, -0.2) is 0 Å². The number of likely N-dealkylation sites (tertiary alicyclic amines) is 1. The van der Waals surface area contributed by atoms with Crippen LogP contribution in [0, 0.1) is 0 Å². The van der Waals surface area contributed by atoms with E-state index in [0.29, 0.717) is 0 Å². The van der Waals surface area contributed by atoms with Crippen LogP contribution >= 0.6 is 0 Å². The monoisotopic (exact) mass is 226 g/mol. The van der Waals surface area contributed by atoms with Crippen molar-refractivity contribution in [3.63, 3.8) is 0 Å². The smallest absolute Gasteiger partial charge is 0.0223 e. The summed E-state index contributed by atoms with van der Waals surface area (Å²) in [5, 5.41) is 3.66. The Kier molecular flexibility index (Phi) is 5.26. The topological polar surface area (TPSA) is 15.3 Å². The second kappa shape index (κ2) is 6.02. The van der Waals surface area contributed by atoms with E-state index in [1.54, 1.807) is 0 Å². The fourth-order valence-corrected chi connectivity index (χ4v) is 2.48. The van der Waals surface area contributed by atoms with E-state index in [4.69, 9.17) is 0 Å². The molecule has 96 valence electrons. The van der Waals surface area contributed by atoms with Gasteiger partial charge >= 0.3 is 0 Å². The van der Waals surface area contributed by atoms with Crippen molar-refractivity contribution in [2.24, 2.45) is 0 Å². The summed E-state index contributed by atoms with van der Waals surface area (Å²) in [6.45, 7) is 13.9. The molecular formula is C14H30N2. The highest BCUT2D eigenvalue weighted by atomic mass is 15.2. The molecule has 1 saturated heterocycles. The van der Waals surface area contributed by atoms with Gasteiger partial charge in [-0.3, -0.25) is 4.90 Å². The van der Waals surface area contributed by atoms with Crippen molar-refractivity contribution in [3.05, 3.63) is 0 Å². The van der Waals surface area contributed by atoms with Gasteiger partial charge < -0.3 is 5.32 Å². The predicted molar refractivity (Wildman–Crippen MR) is 71.9 cm³/mol. The van der Waals surface area contributed by atoms with Gasteiger partial charge in [-0.2, -0.15) is 0 Å². The van der Waals surface area contributed by atoms with Gasteiger partial charge in [-0.05, 0) is 53.5 Å². The minimum Gasteiger partial charge on any atom is -0.311 e. The van der Waals surface area contributed by atoms with Crippen molar-refractivity contribution >= 4 is 0 Å². The Hall–Kier alpha value is -0.0800. The SMILES string of the molecule is CCC(C)N1CCCCC1CNC(C)(C)C. The lowest BCUT2D eigenvalue weighted by Gasteiger charge is -2.41. The lowest BCUT2D eigenvalue weighted by atomic mass is 9.98. The first-order valence-corrected chi connectivity index (χ1v) is 6.95. The van der Waals surface area contributed by atoms with Crippen LogP contribution in [0.3, 0.4) is 0 Å². The molecule has 2 heteroatoms. The van der Waals surface area contributed by atoms with Crippen LogP contribution in [-0.4, -0.2) is 35.6 Å². The molecule has 1 aliphatic rings. The molecule has 0 saturated carbocycles. The number of nitrogens with one attached hydrogen (secondary N) is 1. The molecule has 0 spiro atoms. The van der Waals surface area contributed by atoms with Crippen molar-refractivity contribution in [2.45, 2.75) is 77.9 Å². The van der Waals surface area contributed by atoms with Crippen LogP contribution in [0.1, 0.15) is 60.3 Å². The van der Waals surface area contributed by atoms with E-state index in [9.17, 15) is 0 Å². The molecule has 0 aromatic heterocycles. The Labute approximate surface area is 102 Å². The zero-order valence-electron chi connectivity index (χ0n) is 11.8. The maximum absolute atomic E-state index is 3.66. The Morgan fingerprint density at radius 3 is 2.56 bits per heavy atom. The van der Waals surface area contributed by atoms with E-state index in [1.165, 1.54) is 32.2 Å². The normalized spacial score (nSPS) is 25.7. The van der Waals surface area contributed by atoms with Crippen LogP contribution in [-0.2, 0) is 0 Å². The summed E-state index contributed by atoms with van der Waals surface area (Å²) in [5.41, 5.74) is 0.249. The molecule has 1 rings (SSSR count). The van der Waals surface area contributed by atoms with Crippen molar-refractivity contribution in [1.82, 2.24) is 10.2 Å². The van der Waals surface area contributed by atoms with E-state index in [1.807, 2.05) is 0 Å². The molecule has 1 fully saturated rings. The van der Waals surface area contributed by atoms with Crippen molar-refractivity contribution in [3.8, 4) is 0 Å². The van der Waals surface area contributed by atoms with E-state index in [-0.39, 0.29) is 5.54 Å². The van der Waals surface area contributed by atoms with Crippen molar-refractivity contribution < 1.29 is 0 Å². The van der Waals surface area contributed by atoms with Gasteiger partial charge in [0, 0.05) is 24.2 Å². The van der Waals surface area contributed by atoms with Gasteiger partial charge in [0.1, 0.15) is 0 Å². The Balaban J connectivity index is 2.47. The molecule has 0 aliphatic carbocycles. The summed E-state index contributed by atoms with van der Waals surface area (Å²) in [7, 11) is 0. The fourth-order valence-electron chi connectivity index (χ4n) is 2.48. The second-order valence-electron chi connectivity index (χ2n) is 6.28. The minimum absolute atomic E-state index is 0.249. The average molecular weight is 226 g/mol. The van der Waals surface area contributed by atoms with Crippen LogP contribution in [0.5, 0.6) is 0 Å². The maximum Gasteiger partial charge on any atom is 0.0223 e. The average Bonchev–Trinajstić information content (AvgIpc) is 2.25. The highest BCUT2D eigenvalue weighted by Crippen LogP contribution is 2.20. The molecule has 0 bridgehead atoms. The number of hydrogen-bond donors (Lipinski definition) is 1. The van der Waals surface area contributed by atoms with Crippen LogP contribution in [0.15, 0.2) is 0 Å². The molecule has 2 atom stereocenters. The molecule has 2 nitrogen and oxygen atoms in total. The van der Waals surface area contributed by atoms with Gasteiger partial charge in [0.25, 0.3) is 0 Å². The van der Waals surface area contributed by atoms with E-state index in [2.05, 4.69) is 44.8 Å². The van der Waals surface area contributed by atoms with E-state index in [0.717, 1.165) is 18.6 Å². The molecule has 2 unspecified atom stereocenters. The summed E-state index contributed by atoms with van der Waals surface area (Å²) in [5.74, 6) is 0. The zero-order chi connectivity index (χ0) is 12.2. The fraction of sp³-hybridized carbons (Fsp3) is 1.00. The molecule has 16 heavy (non-hydrogen) atoms. The van der Waals surface area contributed by atoms with Crippen molar-refractivity contribution in [1.29, 1.82) is 0 Å². The van der Waals surface area contributed by atoms with E-state index >= 15 is 0 Å². The summed E-state index contributed by atoms with van der Waals surface area (Å²) in [4.78, 5) is 2.71. The number of piperidine rings is 1. The van der Waals surface area contributed by atoms with Gasteiger partial charge in [0.15, 0.2) is 0 Å². The molecule has 0 amide bonds. The summed E-state index contributed by atoms with van der Waals surface area (Å²) in [6, 6.07) is 1.50. The van der Waals surface area contributed by atoms with Crippen LogP contribution in [0.2, 0.25) is 0 Å². The highest BCUT2D eigenvalue weighted by molar-refractivity contribution is 4.84. The van der Waals surface area contributed by atoms with Gasteiger partial charge in [-0.1, -0.05) is 13.3 Å². The third kappa shape index (κ3) is 4.42. The number of nitrogens with zero attached hydrogens (tertiary/aromatic N) is 1. The van der Waals surface area contributed by atoms with Crippen LogP contribution < -0.4 is 5.32 Å². The molecule has 1 N–H and O–H groups in total.